The summed E-state index contributed by atoms with van der Waals surface area (Å²) in [5.41, 5.74) is -0.465. The molecule has 1 aliphatic carbocycles. The minimum absolute atomic E-state index is 0.102. The van der Waals surface area contributed by atoms with Crippen molar-refractivity contribution in [3.63, 3.8) is 0 Å². The average molecular weight is 280 g/mol. The molecule has 5 nitrogen and oxygen atoms in total. The van der Waals surface area contributed by atoms with Crippen LogP contribution in [0.5, 0.6) is 0 Å². The predicted molar refractivity (Wildman–Crippen MR) is 76.1 cm³/mol. The number of ether oxygens (including phenoxy) is 1. The van der Waals surface area contributed by atoms with Crippen LogP contribution in [0.15, 0.2) is 12.3 Å². The second-order valence-electron chi connectivity index (χ2n) is 6.92. The van der Waals surface area contributed by atoms with E-state index in [1.807, 2.05) is 39.8 Å². The molecule has 2 fully saturated rings. The number of hydrogen-bond donors (Lipinski definition) is 0. The third-order valence-corrected chi connectivity index (χ3v) is 3.71. The van der Waals surface area contributed by atoms with Gasteiger partial charge in [-0.15, -0.1) is 0 Å². The van der Waals surface area contributed by atoms with Crippen molar-refractivity contribution in [2.75, 3.05) is 27.2 Å². The number of carbonyl (C=O) groups excluding carboxylic acids is 2. The molecule has 0 aromatic rings. The maximum absolute atomic E-state index is 12.0. The maximum atomic E-state index is 12.0. The Morgan fingerprint density at radius 2 is 1.75 bits per heavy atom. The summed E-state index contributed by atoms with van der Waals surface area (Å²) in [5, 5.41) is 0. The fraction of sp³-hybridized carbons (Fsp3) is 0.733. The Morgan fingerprint density at radius 3 is 2.20 bits per heavy atom. The molecule has 0 bridgehead atoms. The van der Waals surface area contributed by atoms with Gasteiger partial charge in [-0.25, -0.2) is 4.79 Å². The van der Waals surface area contributed by atoms with Crippen molar-refractivity contribution in [3.8, 4) is 0 Å². The van der Waals surface area contributed by atoms with Crippen LogP contribution in [0, 0.1) is 17.8 Å². The first kappa shape index (κ1) is 14.9. The summed E-state index contributed by atoms with van der Waals surface area (Å²) in [7, 11) is 3.78. The van der Waals surface area contributed by atoms with Crippen LogP contribution in [0.2, 0.25) is 0 Å². The van der Waals surface area contributed by atoms with Crippen LogP contribution in [-0.2, 0) is 9.53 Å². The molecule has 1 aliphatic heterocycles. The van der Waals surface area contributed by atoms with Crippen molar-refractivity contribution >= 4 is 11.9 Å². The van der Waals surface area contributed by atoms with Gasteiger partial charge in [0.25, 0.3) is 0 Å². The molecule has 2 rings (SSSR count). The van der Waals surface area contributed by atoms with Crippen LogP contribution in [0.4, 0.5) is 4.79 Å². The summed E-state index contributed by atoms with van der Waals surface area (Å²) >= 11 is 0. The van der Waals surface area contributed by atoms with E-state index in [2.05, 4.69) is 0 Å². The molecule has 0 aromatic heterocycles. The van der Waals surface area contributed by atoms with E-state index < -0.39 is 5.60 Å². The highest BCUT2D eigenvalue weighted by molar-refractivity contribution is 5.94. The van der Waals surface area contributed by atoms with E-state index in [-0.39, 0.29) is 17.8 Å². The summed E-state index contributed by atoms with van der Waals surface area (Å²) in [6, 6.07) is 0. The van der Waals surface area contributed by atoms with Gasteiger partial charge in [0.2, 0.25) is 0 Å². The van der Waals surface area contributed by atoms with Gasteiger partial charge in [0.1, 0.15) is 5.60 Å². The lowest BCUT2D eigenvalue weighted by Crippen LogP contribution is -2.37. The Bertz CT molecular complexity index is 425. The standard InChI is InChI=1S/C15H24N2O3/c1-15(2,3)20-14(19)17-8-10-11(9-17)13(10)12(18)6-7-16(4)5/h6-7,10-11,13H,8-9H2,1-5H3/b7-6+/t10-,11+,13?. The minimum Gasteiger partial charge on any atom is -0.444 e. The summed E-state index contributed by atoms with van der Waals surface area (Å²) in [4.78, 5) is 27.5. The van der Waals surface area contributed by atoms with E-state index in [9.17, 15) is 9.59 Å². The van der Waals surface area contributed by atoms with Gasteiger partial charge in [-0.1, -0.05) is 0 Å². The van der Waals surface area contributed by atoms with E-state index in [1.54, 1.807) is 17.2 Å². The molecule has 3 atom stereocenters. The third-order valence-electron chi connectivity index (χ3n) is 3.71. The zero-order valence-electron chi connectivity index (χ0n) is 12.9. The Balaban J connectivity index is 1.82. The van der Waals surface area contributed by atoms with Crippen molar-refractivity contribution in [1.29, 1.82) is 0 Å². The van der Waals surface area contributed by atoms with Crippen molar-refractivity contribution < 1.29 is 14.3 Å². The number of fused-ring (bicyclic) bond motifs is 1. The van der Waals surface area contributed by atoms with Crippen molar-refractivity contribution in [2.45, 2.75) is 26.4 Å². The molecule has 0 spiro atoms. The van der Waals surface area contributed by atoms with Gasteiger partial charge >= 0.3 is 6.09 Å². The maximum Gasteiger partial charge on any atom is 0.410 e. The lowest BCUT2D eigenvalue weighted by atomic mass is 10.1. The highest BCUT2D eigenvalue weighted by Gasteiger charge is 2.59. The van der Waals surface area contributed by atoms with E-state index in [0.29, 0.717) is 24.9 Å². The number of hydrogen-bond acceptors (Lipinski definition) is 4. The van der Waals surface area contributed by atoms with Crippen LogP contribution >= 0.6 is 0 Å². The molecule has 0 N–H and O–H groups in total. The predicted octanol–water partition coefficient (Wildman–Crippen LogP) is 1.74. The van der Waals surface area contributed by atoms with Crippen molar-refractivity contribution in [3.05, 3.63) is 12.3 Å². The molecule has 112 valence electrons. The highest BCUT2D eigenvalue weighted by Crippen LogP contribution is 2.52. The van der Waals surface area contributed by atoms with E-state index in [1.165, 1.54) is 0 Å². The Labute approximate surface area is 120 Å². The molecular formula is C15H24N2O3. The van der Waals surface area contributed by atoms with Gasteiger partial charge in [-0.05, 0) is 38.7 Å². The molecule has 0 aromatic carbocycles. The van der Waals surface area contributed by atoms with Gasteiger partial charge in [0.05, 0.1) is 0 Å². The molecule has 1 heterocycles. The molecule has 1 saturated heterocycles. The van der Waals surface area contributed by atoms with Gasteiger partial charge in [0.15, 0.2) is 5.78 Å². The molecule has 5 heteroatoms. The van der Waals surface area contributed by atoms with Crippen molar-refractivity contribution in [1.82, 2.24) is 9.80 Å². The fourth-order valence-electron chi connectivity index (χ4n) is 2.76. The molecule has 20 heavy (non-hydrogen) atoms. The lowest BCUT2D eigenvalue weighted by Gasteiger charge is -2.25. The van der Waals surface area contributed by atoms with Crippen LogP contribution in [0.1, 0.15) is 20.8 Å². The molecule has 0 radical (unpaired) electrons. The number of nitrogens with zero attached hydrogens (tertiary/aromatic N) is 2. The van der Waals surface area contributed by atoms with E-state index in [4.69, 9.17) is 4.74 Å². The van der Waals surface area contributed by atoms with E-state index >= 15 is 0 Å². The Kier molecular flexibility index (Phi) is 3.80. The van der Waals surface area contributed by atoms with Crippen LogP contribution in [0.25, 0.3) is 0 Å². The van der Waals surface area contributed by atoms with Crippen molar-refractivity contribution in [2.24, 2.45) is 17.8 Å². The number of allylic oxidation sites excluding steroid dienone is 1. The van der Waals surface area contributed by atoms with Gasteiger partial charge in [-0.2, -0.15) is 0 Å². The fourth-order valence-corrected chi connectivity index (χ4v) is 2.76. The number of carbonyl (C=O) groups is 2. The number of piperidine rings is 1. The largest absolute Gasteiger partial charge is 0.444 e. The first-order valence-corrected chi connectivity index (χ1v) is 7.05. The van der Waals surface area contributed by atoms with Gasteiger partial charge in [0, 0.05) is 39.3 Å². The lowest BCUT2D eigenvalue weighted by molar-refractivity contribution is -0.116. The van der Waals surface area contributed by atoms with E-state index in [0.717, 1.165) is 0 Å². The molecule has 1 amide bonds. The van der Waals surface area contributed by atoms with Gasteiger partial charge < -0.3 is 14.5 Å². The van der Waals surface area contributed by atoms with Crippen LogP contribution < -0.4 is 0 Å². The van der Waals surface area contributed by atoms with Gasteiger partial charge in [-0.3, -0.25) is 4.79 Å². The zero-order chi connectivity index (χ0) is 15.1. The Hall–Kier alpha value is -1.52. The monoisotopic (exact) mass is 280 g/mol. The summed E-state index contributed by atoms with van der Waals surface area (Å²) in [6.07, 6.45) is 3.16. The average Bonchev–Trinajstić information content (AvgIpc) is 2.78. The first-order valence-electron chi connectivity index (χ1n) is 7.05. The SMILES string of the molecule is CN(C)/C=C/C(=O)C1[C@H]2CN(C(=O)OC(C)(C)C)C[C@@H]12. The molecule has 2 aliphatic rings. The highest BCUT2D eigenvalue weighted by atomic mass is 16.6. The number of amides is 1. The second kappa shape index (κ2) is 5.11. The topological polar surface area (TPSA) is 49.9 Å². The zero-order valence-corrected chi connectivity index (χ0v) is 12.9. The Morgan fingerprint density at radius 1 is 1.20 bits per heavy atom. The number of rotatable bonds is 3. The first-order chi connectivity index (χ1) is 9.19. The molecule has 1 saturated carbocycles. The minimum atomic E-state index is -0.465. The third kappa shape index (κ3) is 3.32. The summed E-state index contributed by atoms with van der Waals surface area (Å²) < 4.78 is 5.35. The molecular weight excluding hydrogens is 256 g/mol. The van der Waals surface area contributed by atoms with Crippen LogP contribution in [-0.4, -0.2) is 54.5 Å². The summed E-state index contributed by atoms with van der Waals surface area (Å²) in [6.45, 7) is 6.87. The number of ketones is 1. The second-order valence-corrected chi connectivity index (χ2v) is 6.92. The normalized spacial score (nSPS) is 28.4. The number of likely N-dealkylation sites (tertiary alicyclic amines) is 1. The summed E-state index contributed by atoms with van der Waals surface area (Å²) in [5.74, 6) is 0.922. The quantitative estimate of drug-likeness (QED) is 0.739. The molecule has 1 unspecified atom stereocenters. The smallest absolute Gasteiger partial charge is 0.410 e. The van der Waals surface area contributed by atoms with Crippen LogP contribution in [0.3, 0.4) is 0 Å².